The van der Waals surface area contributed by atoms with Crippen molar-refractivity contribution in [3.63, 3.8) is 0 Å². The summed E-state index contributed by atoms with van der Waals surface area (Å²) in [5.74, 6) is -0.535. The van der Waals surface area contributed by atoms with E-state index in [1.165, 1.54) is 16.7 Å². The lowest BCUT2D eigenvalue weighted by Crippen LogP contribution is -2.37. The zero-order valence-corrected chi connectivity index (χ0v) is 13.5. The summed E-state index contributed by atoms with van der Waals surface area (Å²) in [5, 5.41) is 3.21. The summed E-state index contributed by atoms with van der Waals surface area (Å²) >= 11 is 18.1. The van der Waals surface area contributed by atoms with Gasteiger partial charge in [-0.3, -0.25) is 14.5 Å². The maximum Gasteiger partial charge on any atom is 0.244 e. The molecule has 4 nitrogen and oxygen atoms in total. The Hall–Kier alpha value is -0.820. The summed E-state index contributed by atoms with van der Waals surface area (Å²) in [6.45, 7) is 1.63. The van der Waals surface area contributed by atoms with Crippen LogP contribution in [0.25, 0.3) is 0 Å². The fourth-order valence-corrected chi connectivity index (χ4v) is 3.38. The fourth-order valence-electron chi connectivity index (χ4n) is 1.64. The van der Waals surface area contributed by atoms with Crippen molar-refractivity contribution in [3.8, 4) is 0 Å². The first-order valence-corrected chi connectivity index (χ1v) is 7.70. The summed E-state index contributed by atoms with van der Waals surface area (Å²) in [5.41, 5.74) is 0.405. The molecule has 0 aliphatic carbocycles. The molecule has 0 saturated carbocycles. The second-order valence-corrected chi connectivity index (χ2v) is 6.94. The van der Waals surface area contributed by atoms with Crippen LogP contribution in [0.2, 0.25) is 10.0 Å². The topological polar surface area (TPSA) is 49.4 Å². The highest BCUT2D eigenvalue weighted by atomic mass is 35.5. The van der Waals surface area contributed by atoms with Gasteiger partial charge in [-0.05, 0) is 25.1 Å². The van der Waals surface area contributed by atoms with Crippen LogP contribution in [0, 0.1) is 0 Å². The van der Waals surface area contributed by atoms with E-state index in [0.29, 0.717) is 20.1 Å². The van der Waals surface area contributed by atoms with Gasteiger partial charge in [0.2, 0.25) is 11.8 Å². The van der Waals surface area contributed by atoms with Gasteiger partial charge in [0.05, 0.1) is 16.0 Å². The summed E-state index contributed by atoms with van der Waals surface area (Å²) < 4.78 is 0.412. The predicted octanol–water partition coefficient (Wildman–Crippen LogP) is 3.18. The predicted molar refractivity (Wildman–Crippen MR) is 86.5 cm³/mol. The van der Waals surface area contributed by atoms with E-state index in [1.54, 1.807) is 25.1 Å². The van der Waals surface area contributed by atoms with Crippen LogP contribution in [0.3, 0.4) is 0 Å². The molecule has 1 aliphatic heterocycles. The van der Waals surface area contributed by atoms with Gasteiger partial charge in [0.1, 0.15) is 10.9 Å². The van der Waals surface area contributed by atoms with E-state index in [-0.39, 0.29) is 23.6 Å². The Morgan fingerprint density at radius 1 is 1.50 bits per heavy atom. The van der Waals surface area contributed by atoms with Gasteiger partial charge >= 0.3 is 0 Å². The van der Waals surface area contributed by atoms with E-state index >= 15 is 0 Å². The number of nitrogens with one attached hydrogen (secondary N) is 1. The Morgan fingerprint density at radius 3 is 2.80 bits per heavy atom. The summed E-state index contributed by atoms with van der Waals surface area (Å²) in [7, 11) is 0. The van der Waals surface area contributed by atoms with Gasteiger partial charge < -0.3 is 5.32 Å². The third-order valence-electron chi connectivity index (χ3n) is 2.62. The molecule has 1 saturated heterocycles. The Labute approximate surface area is 135 Å². The molecule has 0 bridgehead atoms. The van der Waals surface area contributed by atoms with Crippen molar-refractivity contribution in [1.29, 1.82) is 0 Å². The van der Waals surface area contributed by atoms with Crippen molar-refractivity contribution in [3.05, 3.63) is 28.2 Å². The average Bonchev–Trinajstić information content (AvgIpc) is 2.61. The molecule has 1 fully saturated rings. The highest BCUT2D eigenvalue weighted by Gasteiger charge is 2.34. The first-order chi connectivity index (χ1) is 9.38. The van der Waals surface area contributed by atoms with Crippen LogP contribution in [0.1, 0.15) is 6.92 Å². The van der Waals surface area contributed by atoms with Crippen molar-refractivity contribution in [2.75, 3.05) is 11.9 Å². The highest BCUT2D eigenvalue weighted by molar-refractivity contribution is 8.24. The van der Waals surface area contributed by atoms with Gasteiger partial charge in [-0.1, -0.05) is 47.2 Å². The minimum atomic E-state index is -0.375. The van der Waals surface area contributed by atoms with E-state index in [0.717, 1.165) is 0 Å². The number of anilines is 1. The van der Waals surface area contributed by atoms with Gasteiger partial charge in [-0.25, -0.2) is 0 Å². The molecule has 20 heavy (non-hydrogen) atoms. The molecule has 0 spiro atoms. The molecule has 1 heterocycles. The second-order valence-electron chi connectivity index (χ2n) is 4.12. The van der Waals surface area contributed by atoms with Crippen LogP contribution < -0.4 is 5.32 Å². The SMILES string of the molecule is CC1SC(=S)N(CC(=O)Nc2cc(Cl)ccc2Cl)C1=O. The van der Waals surface area contributed by atoms with Crippen molar-refractivity contribution >= 4 is 69.0 Å². The fraction of sp³-hybridized carbons (Fsp3) is 0.250. The second kappa shape index (κ2) is 6.30. The summed E-state index contributed by atoms with van der Waals surface area (Å²) in [6, 6.07) is 4.75. The monoisotopic (exact) mass is 348 g/mol. The average molecular weight is 349 g/mol. The first kappa shape index (κ1) is 15.6. The molecule has 1 N–H and O–H groups in total. The van der Waals surface area contributed by atoms with E-state index in [2.05, 4.69) is 5.32 Å². The number of thioether (sulfide) groups is 1. The lowest BCUT2D eigenvalue weighted by atomic mass is 10.3. The molecule has 106 valence electrons. The van der Waals surface area contributed by atoms with Crippen LogP contribution >= 0.6 is 47.2 Å². The van der Waals surface area contributed by atoms with Crippen LogP contribution in [0.4, 0.5) is 5.69 Å². The number of hydrogen-bond acceptors (Lipinski definition) is 4. The normalized spacial score (nSPS) is 18.6. The lowest BCUT2D eigenvalue weighted by molar-refractivity contribution is -0.129. The smallest absolute Gasteiger partial charge is 0.244 e. The minimum Gasteiger partial charge on any atom is -0.323 e. The lowest BCUT2D eigenvalue weighted by Gasteiger charge is -2.15. The molecular weight excluding hydrogens is 339 g/mol. The number of thiocarbonyl (C=S) groups is 1. The van der Waals surface area contributed by atoms with Crippen LogP contribution in [-0.4, -0.2) is 32.8 Å². The molecule has 1 aromatic carbocycles. The van der Waals surface area contributed by atoms with Crippen molar-refractivity contribution in [2.45, 2.75) is 12.2 Å². The Bertz CT molecular complexity index is 595. The maximum absolute atomic E-state index is 12.0. The first-order valence-electron chi connectivity index (χ1n) is 5.65. The molecule has 2 rings (SSSR count). The molecule has 1 aromatic rings. The van der Waals surface area contributed by atoms with Crippen molar-refractivity contribution in [1.82, 2.24) is 4.90 Å². The molecule has 0 radical (unpaired) electrons. The molecular formula is C12H10Cl2N2O2S2. The van der Waals surface area contributed by atoms with E-state index in [1.807, 2.05) is 0 Å². The largest absolute Gasteiger partial charge is 0.323 e. The van der Waals surface area contributed by atoms with Crippen LogP contribution in [0.15, 0.2) is 18.2 Å². The van der Waals surface area contributed by atoms with Gasteiger partial charge in [-0.15, -0.1) is 0 Å². The standard InChI is InChI=1S/C12H10Cl2N2O2S2/c1-6-11(18)16(12(19)20-6)5-10(17)15-9-4-7(13)2-3-8(9)14/h2-4,6H,5H2,1H3,(H,15,17). The van der Waals surface area contributed by atoms with Crippen LogP contribution in [-0.2, 0) is 9.59 Å². The molecule has 2 amide bonds. The maximum atomic E-state index is 12.0. The van der Waals surface area contributed by atoms with Gasteiger partial charge in [0.15, 0.2) is 0 Å². The zero-order chi connectivity index (χ0) is 14.9. The zero-order valence-electron chi connectivity index (χ0n) is 10.4. The summed E-state index contributed by atoms with van der Waals surface area (Å²) in [6.07, 6.45) is 0. The van der Waals surface area contributed by atoms with Crippen molar-refractivity contribution in [2.24, 2.45) is 0 Å². The van der Waals surface area contributed by atoms with Crippen LogP contribution in [0.5, 0.6) is 0 Å². The van der Waals surface area contributed by atoms with Gasteiger partial charge in [0, 0.05) is 5.02 Å². The number of carbonyl (C=O) groups is 2. The van der Waals surface area contributed by atoms with Gasteiger partial charge in [0.25, 0.3) is 0 Å². The van der Waals surface area contributed by atoms with E-state index in [4.69, 9.17) is 35.4 Å². The number of carbonyl (C=O) groups excluding carboxylic acids is 2. The number of rotatable bonds is 3. The number of halogens is 2. The van der Waals surface area contributed by atoms with E-state index in [9.17, 15) is 9.59 Å². The highest BCUT2D eigenvalue weighted by Crippen LogP contribution is 2.28. The summed E-state index contributed by atoms with van der Waals surface area (Å²) in [4.78, 5) is 25.1. The molecule has 1 unspecified atom stereocenters. The van der Waals surface area contributed by atoms with E-state index < -0.39 is 0 Å². The number of hydrogen-bond donors (Lipinski definition) is 1. The van der Waals surface area contributed by atoms with Gasteiger partial charge in [-0.2, -0.15) is 0 Å². The molecule has 1 atom stereocenters. The number of nitrogens with zero attached hydrogens (tertiary/aromatic N) is 1. The minimum absolute atomic E-state index is 0.127. The molecule has 8 heteroatoms. The number of benzene rings is 1. The quantitative estimate of drug-likeness (QED) is 0.852. The number of amides is 2. The molecule has 1 aliphatic rings. The Morgan fingerprint density at radius 2 is 2.20 bits per heavy atom. The third kappa shape index (κ3) is 3.44. The Balaban J connectivity index is 2.04. The third-order valence-corrected chi connectivity index (χ3v) is 4.67. The van der Waals surface area contributed by atoms with Crippen molar-refractivity contribution < 1.29 is 9.59 Å². The molecule has 0 aromatic heterocycles. The Kier molecular flexibility index (Phi) is 4.90.